The van der Waals surface area contributed by atoms with Crippen LogP contribution in [-0.4, -0.2) is 45.5 Å². The van der Waals surface area contributed by atoms with Crippen molar-refractivity contribution in [1.82, 2.24) is 19.4 Å². The molecule has 0 aliphatic carbocycles. The first-order valence-electron chi connectivity index (χ1n) is 12.7. The van der Waals surface area contributed by atoms with E-state index in [1.807, 2.05) is 0 Å². The van der Waals surface area contributed by atoms with Gasteiger partial charge >= 0.3 is 0 Å². The van der Waals surface area contributed by atoms with Gasteiger partial charge in [-0.3, -0.25) is 9.80 Å². The van der Waals surface area contributed by atoms with Crippen molar-refractivity contribution in [2.75, 3.05) is 26.2 Å². The molecular weight excluding hydrogens is 416 g/mol. The smallest absolute Gasteiger partial charge is 0.109 e. The van der Waals surface area contributed by atoms with Crippen LogP contribution < -0.4 is 0 Å². The van der Waals surface area contributed by atoms with Gasteiger partial charge in [-0.2, -0.15) is 0 Å². The van der Waals surface area contributed by atoms with Crippen LogP contribution in [0.25, 0.3) is 11.0 Å². The molecule has 0 saturated carbocycles. The highest BCUT2D eigenvalue weighted by Crippen LogP contribution is 2.29. The summed E-state index contributed by atoms with van der Waals surface area (Å²) in [4.78, 5) is 10.2. The average Bonchev–Trinajstić information content (AvgIpc) is 3.20. The summed E-state index contributed by atoms with van der Waals surface area (Å²) in [6.45, 7) is 7.54. The Hall–Kier alpha value is -2.95. The summed E-state index contributed by atoms with van der Waals surface area (Å²) >= 11 is 0. The molecule has 4 heteroatoms. The number of aromatic nitrogens is 2. The molecule has 176 valence electrons. The Bertz CT molecular complexity index is 1150. The fourth-order valence-electron chi connectivity index (χ4n) is 5.27. The van der Waals surface area contributed by atoms with E-state index in [1.54, 1.807) is 0 Å². The molecule has 1 aliphatic rings. The Morgan fingerprint density at radius 1 is 0.824 bits per heavy atom. The standard InChI is InChI=1S/C30H36N4/c1-3-4-15-29-31-27-22-24(16-17-28(27)32(29)2)23-33-18-20-34(21-19-33)30(25-11-7-5-8-12-25)26-13-9-6-10-14-26/h5-14,16-17,22,30H,3-4,15,18-21,23H2,1-2H3. The number of fused-ring (bicyclic) bond motifs is 1. The van der Waals surface area contributed by atoms with Crippen molar-refractivity contribution in [2.24, 2.45) is 7.05 Å². The zero-order valence-corrected chi connectivity index (χ0v) is 20.5. The molecule has 2 heterocycles. The number of nitrogens with zero attached hydrogens (tertiary/aromatic N) is 4. The van der Waals surface area contributed by atoms with Crippen molar-refractivity contribution < 1.29 is 0 Å². The van der Waals surface area contributed by atoms with Crippen molar-refractivity contribution in [2.45, 2.75) is 38.8 Å². The van der Waals surface area contributed by atoms with Crippen molar-refractivity contribution in [3.8, 4) is 0 Å². The van der Waals surface area contributed by atoms with Gasteiger partial charge in [-0.25, -0.2) is 4.98 Å². The van der Waals surface area contributed by atoms with Crippen LogP contribution >= 0.6 is 0 Å². The van der Waals surface area contributed by atoms with Crippen molar-refractivity contribution in [1.29, 1.82) is 0 Å². The second kappa shape index (κ2) is 10.5. The van der Waals surface area contributed by atoms with E-state index >= 15 is 0 Å². The third-order valence-corrected chi connectivity index (χ3v) is 7.20. The highest BCUT2D eigenvalue weighted by atomic mass is 15.3. The van der Waals surface area contributed by atoms with Crippen LogP contribution in [0.4, 0.5) is 0 Å². The van der Waals surface area contributed by atoms with Crippen molar-refractivity contribution in [3.05, 3.63) is 101 Å². The maximum atomic E-state index is 4.94. The minimum Gasteiger partial charge on any atom is -0.331 e. The molecule has 0 atom stereocenters. The average molecular weight is 453 g/mol. The van der Waals surface area contributed by atoms with Gasteiger partial charge in [-0.15, -0.1) is 0 Å². The summed E-state index contributed by atoms with van der Waals surface area (Å²) in [5.41, 5.74) is 6.50. The molecule has 0 spiro atoms. The lowest BCUT2D eigenvalue weighted by atomic mass is 9.96. The van der Waals surface area contributed by atoms with Gasteiger partial charge in [0.1, 0.15) is 5.82 Å². The van der Waals surface area contributed by atoms with E-state index in [4.69, 9.17) is 4.98 Å². The van der Waals surface area contributed by atoms with Gasteiger partial charge in [0.2, 0.25) is 0 Å². The number of hydrogen-bond donors (Lipinski definition) is 0. The molecule has 1 aromatic heterocycles. The molecule has 5 rings (SSSR count). The molecule has 1 saturated heterocycles. The van der Waals surface area contributed by atoms with Gasteiger partial charge in [0, 0.05) is 46.2 Å². The Kier molecular flexibility index (Phi) is 7.08. The van der Waals surface area contributed by atoms with Gasteiger partial charge in [0.15, 0.2) is 0 Å². The van der Waals surface area contributed by atoms with E-state index in [-0.39, 0.29) is 0 Å². The van der Waals surface area contributed by atoms with Crippen LogP contribution in [0.3, 0.4) is 0 Å². The lowest BCUT2D eigenvalue weighted by Crippen LogP contribution is -2.47. The van der Waals surface area contributed by atoms with Crippen LogP contribution in [0.2, 0.25) is 0 Å². The highest BCUT2D eigenvalue weighted by Gasteiger charge is 2.26. The van der Waals surface area contributed by atoms with Gasteiger partial charge in [-0.05, 0) is 35.2 Å². The topological polar surface area (TPSA) is 24.3 Å². The number of hydrogen-bond acceptors (Lipinski definition) is 3. The summed E-state index contributed by atoms with van der Waals surface area (Å²) in [5.74, 6) is 1.20. The van der Waals surface area contributed by atoms with Crippen LogP contribution in [-0.2, 0) is 20.0 Å². The first kappa shape index (κ1) is 22.8. The zero-order valence-electron chi connectivity index (χ0n) is 20.5. The number of piperazine rings is 1. The van der Waals surface area contributed by atoms with Gasteiger partial charge in [0.05, 0.1) is 17.1 Å². The van der Waals surface area contributed by atoms with E-state index in [2.05, 4.69) is 107 Å². The predicted molar refractivity (Wildman–Crippen MR) is 141 cm³/mol. The highest BCUT2D eigenvalue weighted by molar-refractivity contribution is 5.76. The summed E-state index contributed by atoms with van der Waals surface area (Å²) in [7, 11) is 2.15. The predicted octanol–water partition coefficient (Wildman–Crippen LogP) is 5.82. The van der Waals surface area contributed by atoms with E-state index in [0.29, 0.717) is 6.04 Å². The Morgan fingerprint density at radius 2 is 1.47 bits per heavy atom. The molecule has 3 aromatic carbocycles. The first-order valence-corrected chi connectivity index (χ1v) is 12.7. The largest absolute Gasteiger partial charge is 0.331 e. The second-order valence-corrected chi connectivity index (χ2v) is 9.55. The van der Waals surface area contributed by atoms with Crippen LogP contribution in [0, 0.1) is 0 Å². The van der Waals surface area contributed by atoms with Crippen LogP contribution in [0.5, 0.6) is 0 Å². The van der Waals surface area contributed by atoms with Gasteiger partial charge < -0.3 is 4.57 Å². The number of imidazole rings is 1. The Balaban J connectivity index is 1.27. The van der Waals surface area contributed by atoms with Crippen molar-refractivity contribution >= 4 is 11.0 Å². The molecule has 1 fully saturated rings. The molecule has 4 aromatic rings. The summed E-state index contributed by atoms with van der Waals surface area (Å²) < 4.78 is 2.26. The summed E-state index contributed by atoms with van der Waals surface area (Å²) in [5, 5.41) is 0. The SMILES string of the molecule is CCCCc1nc2cc(CN3CCN(C(c4ccccc4)c4ccccc4)CC3)ccc2n1C. The summed E-state index contributed by atoms with van der Waals surface area (Å²) in [6, 6.07) is 29.1. The Morgan fingerprint density at radius 3 is 2.09 bits per heavy atom. The molecule has 1 aliphatic heterocycles. The second-order valence-electron chi connectivity index (χ2n) is 9.55. The number of benzene rings is 3. The first-order chi connectivity index (χ1) is 16.7. The number of aryl methyl sites for hydroxylation is 2. The molecule has 0 bridgehead atoms. The van der Waals surface area contributed by atoms with E-state index < -0.39 is 0 Å². The lowest BCUT2D eigenvalue weighted by Gasteiger charge is -2.39. The number of rotatable bonds is 8. The fraction of sp³-hybridized carbons (Fsp3) is 0.367. The molecule has 0 amide bonds. The van der Waals surface area contributed by atoms with E-state index in [1.165, 1.54) is 40.9 Å². The monoisotopic (exact) mass is 452 g/mol. The van der Waals surface area contributed by atoms with E-state index in [0.717, 1.165) is 44.7 Å². The Labute approximate surface area is 203 Å². The molecule has 34 heavy (non-hydrogen) atoms. The lowest BCUT2D eigenvalue weighted by molar-refractivity contribution is 0.105. The third-order valence-electron chi connectivity index (χ3n) is 7.20. The third kappa shape index (κ3) is 4.94. The van der Waals surface area contributed by atoms with Crippen LogP contribution in [0.15, 0.2) is 78.9 Å². The fourth-order valence-corrected chi connectivity index (χ4v) is 5.27. The molecule has 0 N–H and O–H groups in total. The molecule has 0 unspecified atom stereocenters. The number of unbranched alkanes of at least 4 members (excludes halogenated alkanes) is 1. The van der Waals surface area contributed by atoms with Gasteiger partial charge in [-0.1, -0.05) is 80.1 Å². The molecule has 4 nitrogen and oxygen atoms in total. The van der Waals surface area contributed by atoms with Crippen molar-refractivity contribution in [3.63, 3.8) is 0 Å². The van der Waals surface area contributed by atoms with Gasteiger partial charge in [0.25, 0.3) is 0 Å². The zero-order chi connectivity index (χ0) is 23.3. The quantitative estimate of drug-likeness (QED) is 0.336. The molecular formula is C30H36N4. The normalized spacial score (nSPS) is 15.4. The molecule has 0 radical (unpaired) electrons. The summed E-state index contributed by atoms with van der Waals surface area (Å²) in [6.07, 6.45) is 3.46. The van der Waals surface area contributed by atoms with E-state index in [9.17, 15) is 0 Å². The minimum atomic E-state index is 0.316. The maximum Gasteiger partial charge on any atom is 0.109 e. The minimum absolute atomic E-state index is 0.316. The maximum absolute atomic E-state index is 4.94. The van der Waals surface area contributed by atoms with Crippen LogP contribution in [0.1, 0.15) is 48.3 Å².